The lowest BCUT2D eigenvalue weighted by Crippen LogP contribution is -2.37. The van der Waals surface area contributed by atoms with Gasteiger partial charge in [0.15, 0.2) is 17.6 Å². The van der Waals surface area contributed by atoms with E-state index in [2.05, 4.69) is 5.32 Å². The standard InChI is InChI=1S/C19H25NO6/c1-12(2)11-20-19(22)13(3)26-17(21)6-5-14-9-15(23-4)18-16(10-14)24-7-8-25-18/h5-6,9-10,12-13H,7-8,11H2,1-4H3,(H,20,22)/b6-5+/t13-/m1/s1. The molecule has 26 heavy (non-hydrogen) atoms. The van der Waals surface area contributed by atoms with Crippen LogP contribution in [0.3, 0.4) is 0 Å². The van der Waals surface area contributed by atoms with Crippen LogP contribution in [0.5, 0.6) is 17.2 Å². The van der Waals surface area contributed by atoms with Gasteiger partial charge in [-0.2, -0.15) is 0 Å². The molecule has 1 heterocycles. The fourth-order valence-corrected chi connectivity index (χ4v) is 2.27. The van der Waals surface area contributed by atoms with Crippen LogP contribution >= 0.6 is 0 Å². The average Bonchev–Trinajstić information content (AvgIpc) is 2.63. The predicted octanol–water partition coefficient (Wildman–Crippen LogP) is 2.18. The van der Waals surface area contributed by atoms with Crippen LogP contribution in [0.15, 0.2) is 18.2 Å². The Morgan fingerprint density at radius 3 is 2.65 bits per heavy atom. The molecule has 1 aliphatic heterocycles. The summed E-state index contributed by atoms with van der Waals surface area (Å²) in [6.45, 7) is 6.96. The van der Waals surface area contributed by atoms with Crippen LogP contribution in [0.4, 0.5) is 0 Å². The largest absolute Gasteiger partial charge is 0.493 e. The number of hydrogen-bond donors (Lipinski definition) is 1. The molecule has 1 aromatic carbocycles. The summed E-state index contributed by atoms with van der Waals surface area (Å²) >= 11 is 0. The van der Waals surface area contributed by atoms with E-state index in [-0.39, 0.29) is 5.91 Å². The van der Waals surface area contributed by atoms with E-state index in [1.807, 2.05) is 13.8 Å². The summed E-state index contributed by atoms with van der Waals surface area (Å²) in [6.07, 6.45) is 1.97. The maximum atomic E-state index is 11.9. The van der Waals surface area contributed by atoms with Gasteiger partial charge in [0.05, 0.1) is 7.11 Å². The molecule has 0 aliphatic carbocycles. The van der Waals surface area contributed by atoms with Gasteiger partial charge in [-0.15, -0.1) is 0 Å². The number of nitrogens with one attached hydrogen (secondary N) is 1. The quantitative estimate of drug-likeness (QED) is 0.591. The van der Waals surface area contributed by atoms with Crippen LogP contribution in [0.25, 0.3) is 6.08 Å². The van der Waals surface area contributed by atoms with Crippen molar-refractivity contribution in [3.63, 3.8) is 0 Å². The maximum absolute atomic E-state index is 11.9. The highest BCUT2D eigenvalue weighted by Crippen LogP contribution is 2.40. The second-order valence-electron chi connectivity index (χ2n) is 6.30. The normalized spacial score (nSPS) is 14.2. The topological polar surface area (TPSA) is 83.1 Å². The number of benzene rings is 1. The van der Waals surface area contributed by atoms with Gasteiger partial charge in [0.2, 0.25) is 5.75 Å². The molecule has 0 bridgehead atoms. The highest BCUT2D eigenvalue weighted by atomic mass is 16.6. The molecule has 1 aliphatic rings. The number of ether oxygens (including phenoxy) is 4. The highest BCUT2D eigenvalue weighted by molar-refractivity contribution is 5.90. The lowest BCUT2D eigenvalue weighted by Gasteiger charge is -2.20. The second kappa shape index (κ2) is 9.12. The first-order valence-electron chi connectivity index (χ1n) is 8.54. The van der Waals surface area contributed by atoms with Gasteiger partial charge in [-0.1, -0.05) is 13.8 Å². The number of amides is 1. The fraction of sp³-hybridized carbons (Fsp3) is 0.474. The summed E-state index contributed by atoms with van der Waals surface area (Å²) in [4.78, 5) is 23.8. The van der Waals surface area contributed by atoms with Crippen LogP contribution in [0, 0.1) is 5.92 Å². The Morgan fingerprint density at radius 2 is 1.96 bits per heavy atom. The van der Waals surface area contributed by atoms with Crippen molar-refractivity contribution in [3.05, 3.63) is 23.8 Å². The molecule has 7 heteroatoms. The number of carbonyl (C=O) groups excluding carboxylic acids is 2. The van der Waals surface area contributed by atoms with E-state index in [1.54, 1.807) is 18.2 Å². The van der Waals surface area contributed by atoms with Gasteiger partial charge in [-0.25, -0.2) is 4.79 Å². The molecule has 0 saturated heterocycles. The third-order valence-corrected chi connectivity index (χ3v) is 3.61. The van der Waals surface area contributed by atoms with Gasteiger partial charge in [0.25, 0.3) is 5.91 Å². The lowest BCUT2D eigenvalue weighted by molar-refractivity contribution is -0.150. The van der Waals surface area contributed by atoms with Gasteiger partial charge in [0.1, 0.15) is 13.2 Å². The highest BCUT2D eigenvalue weighted by Gasteiger charge is 2.19. The molecule has 0 aromatic heterocycles. The van der Waals surface area contributed by atoms with Gasteiger partial charge in [-0.05, 0) is 36.6 Å². The van der Waals surface area contributed by atoms with E-state index >= 15 is 0 Å². The Morgan fingerprint density at radius 1 is 1.23 bits per heavy atom. The summed E-state index contributed by atoms with van der Waals surface area (Å²) in [5, 5.41) is 2.72. The Kier molecular flexibility index (Phi) is 6.89. The summed E-state index contributed by atoms with van der Waals surface area (Å²) in [6, 6.07) is 3.48. The molecule has 1 amide bonds. The van der Waals surface area contributed by atoms with Gasteiger partial charge in [0, 0.05) is 12.6 Å². The number of fused-ring (bicyclic) bond motifs is 1. The Bertz CT molecular complexity index is 666. The first-order chi connectivity index (χ1) is 12.4. The molecule has 0 fully saturated rings. The Labute approximate surface area is 153 Å². The molecule has 2 rings (SSSR count). The average molecular weight is 363 g/mol. The molecule has 142 valence electrons. The number of hydrogen-bond acceptors (Lipinski definition) is 6. The van der Waals surface area contributed by atoms with E-state index in [0.717, 1.165) is 0 Å². The predicted molar refractivity (Wildman–Crippen MR) is 96.4 cm³/mol. The van der Waals surface area contributed by atoms with E-state index in [4.69, 9.17) is 18.9 Å². The number of methoxy groups -OCH3 is 1. The van der Waals surface area contributed by atoms with Crippen LogP contribution < -0.4 is 19.5 Å². The third-order valence-electron chi connectivity index (χ3n) is 3.61. The van der Waals surface area contributed by atoms with Crippen molar-refractivity contribution >= 4 is 18.0 Å². The molecule has 7 nitrogen and oxygen atoms in total. The second-order valence-corrected chi connectivity index (χ2v) is 6.30. The van der Waals surface area contributed by atoms with Crippen LogP contribution in [-0.4, -0.2) is 44.8 Å². The molecular weight excluding hydrogens is 338 g/mol. The maximum Gasteiger partial charge on any atom is 0.331 e. The molecule has 0 saturated carbocycles. The molecule has 1 N–H and O–H groups in total. The number of carbonyl (C=O) groups is 2. The van der Waals surface area contributed by atoms with Crippen LogP contribution in [0.1, 0.15) is 26.3 Å². The lowest BCUT2D eigenvalue weighted by atomic mass is 10.1. The summed E-state index contributed by atoms with van der Waals surface area (Å²) in [5.41, 5.74) is 0.694. The molecule has 1 atom stereocenters. The summed E-state index contributed by atoms with van der Waals surface area (Å²) < 4.78 is 21.5. The van der Waals surface area contributed by atoms with Gasteiger partial charge < -0.3 is 24.3 Å². The molecule has 0 spiro atoms. The Hall–Kier alpha value is -2.70. The Balaban J connectivity index is 1.98. The molecular formula is C19H25NO6. The van der Waals surface area contributed by atoms with Crippen molar-refractivity contribution in [3.8, 4) is 17.2 Å². The van der Waals surface area contributed by atoms with E-state index in [0.29, 0.717) is 48.5 Å². The molecule has 0 unspecified atom stereocenters. The zero-order valence-corrected chi connectivity index (χ0v) is 15.5. The minimum absolute atomic E-state index is 0.318. The van der Waals surface area contributed by atoms with Gasteiger partial charge in [-0.3, -0.25) is 4.79 Å². The van der Waals surface area contributed by atoms with E-state index < -0.39 is 12.1 Å². The van der Waals surface area contributed by atoms with Crippen LogP contribution in [-0.2, 0) is 14.3 Å². The summed E-state index contributed by atoms with van der Waals surface area (Å²) in [5.74, 6) is 1.04. The molecule has 0 radical (unpaired) electrons. The van der Waals surface area contributed by atoms with E-state index in [1.165, 1.54) is 20.1 Å². The first kappa shape index (κ1) is 19.6. The minimum Gasteiger partial charge on any atom is -0.493 e. The number of esters is 1. The third kappa shape index (κ3) is 5.40. The fourth-order valence-electron chi connectivity index (χ4n) is 2.27. The van der Waals surface area contributed by atoms with E-state index in [9.17, 15) is 9.59 Å². The van der Waals surface area contributed by atoms with Crippen molar-refractivity contribution in [2.45, 2.75) is 26.9 Å². The van der Waals surface area contributed by atoms with Crippen LogP contribution in [0.2, 0.25) is 0 Å². The van der Waals surface area contributed by atoms with Crippen molar-refractivity contribution in [2.75, 3.05) is 26.9 Å². The van der Waals surface area contributed by atoms with Crippen molar-refractivity contribution in [1.29, 1.82) is 0 Å². The SMILES string of the molecule is COc1cc(/C=C/C(=O)O[C@H](C)C(=O)NCC(C)C)cc2c1OCCO2. The smallest absolute Gasteiger partial charge is 0.331 e. The monoisotopic (exact) mass is 363 g/mol. The summed E-state index contributed by atoms with van der Waals surface area (Å²) in [7, 11) is 1.53. The minimum atomic E-state index is -0.860. The zero-order chi connectivity index (χ0) is 19.1. The molecule has 1 aromatic rings. The van der Waals surface area contributed by atoms with Crippen molar-refractivity contribution in [2.24, 2.45) is 5.92 Å². The van der Waals surface area contributed by atoms with Crippen molar-refractivity contribution in [1.82, 2.24) is 5.32 Å². The first-order valence-corrected chi connectivity index (χ1v) is 8.54. The van der Waals surface area contributed by atoms with Gasteiger partial charge >= 0.3 is 5.97 Å². The number of rotatable bonds is 7. The zero-order valence-electron chi connectivity index (χ0n) is 15.5. The van der Waals surface area contributed by atoms with Crippen molar-refractivity contribution < 1.29 is 28.5 Å².